The Labute approximate surface area is 156 Å². The first-order chi connectivity index (χ1) is 12.6. The van der Waals surface area contributed by atoms with Gasteiger partial charge in [-0.15, -0.1) is 0 Å². The Balaban J connectivity index is 1.57. The van der Waals surface area contributed by atoms with E-state index >= 15 is 0 Å². The van der Waals surface area contributed by atoms with Crippen molar-refractivity contribution in [2.45, 2.75) is 20.1 Å². The average molecular weight is 372 g/mol. The van der Waals surface area contributed by atoms with Crippen molar-refractivity contribution in [3.8, 4) is 5.75 Å². The van der Waals surface area contributed by atoms with Crippen LogP contribution in [0.1, 0.15) is 12.5 Å². The maximum Gasteiger partial charge on any atom is 0.323 e. The van der Waals surface area contributed by atoms with Crippen LogP contribution >= 0.6 is 11.6 Å². The number of nitrogens with one attached hydrogen (secondary N) is 2. The number of benzene rings is 1. The Morgan fingerprint density at radius 2 is 2.08 bits per heavy atom. The number of amides is 2. The molecule has 0 radical (unpaired) electrons. The highest BCUT2D eigenvalue weighted by molar-refractivity contribution is 6.32. The SMILES string of the molecule is CCn1cc(NC(=O)Nc2ccc(OCc3cccnc3)c(Cl)c2)cn1. The molecule has 3 rings (SSSR count). The number of carbonyl (C=O) groups is 1. The van der Waals surface area contributed by atoms with Gasteiger partial charge in [0.2, 0.25) is 0 Å². The molecule has 134 valence electrons. The van der Waals surface area contributed by atoms with E-state index in [1.807, 2.05) is 19.1 Å². The van der Waals surface area contributed by atoms with Crippen LogP contribution < -0.4 is 15.4 Å². The minimum absolute atomic E-state index is 0.363. The van der Waals surface area contributed by atoms with E-state index in [2.05, 4.69) is 20.7 Å². The first-order valence-corrected chi connectivity index (χ1v) is 8.43. The second-order valence-electron chi connectivity index (χ2n) is 5.46. The maximum absolute atomic E-state index is 12.0. The van der Waals surface area contributed by atoms with Gasteiger partial charge in [0, 0.05) is 36.4 Å². The highest BCUT2D eigenvalue weighted by Crippen LogP contribution is 2.28. The zero-order valence-corrected chi connectivity index (χ0v) is 14.9. The van der Waals surface area contributed by atoms with Gasteiger partial charge in [0.1, 0.15) is 12.4 Å². The van der Waals surface area contributed by atoms with Crippen LogP contribution in [0, 0.1) is 0 Å². The third kappa shape index (κ3) is 4.73. The minimum Gasteiger partial charge on any atom is -0.487 e. The van der Waals surface area contributed by atoms with E-state index in [0.717, 1.165) is 12.1 Å². The van der Waals surface area contributed by atoms with Crippen molar-refractivity contribution in [2.75, 3.05) is 10.6 Å². The fourth-order valence-electron chi connectivity index (χ4n) is 2.23. The van der Waals surface area contributed by atoms with Crippen LogP contribution in [-0.2, 0) is 13.2 Å². The van der Waals surface area contributed by atoms with E-state index in [-0.39, 0.29) is 6.03 Å². The van der Waals surface area contributed by atoms with Crippen LogP contribution in [0.3, 0.4) is 0 Å². The van der Waals surface area contributed by atoms with Gasteiger partial charge in [-0.2, -0.15) is 5.10 Å². The number of aryl methyl sites for hydroxylation is 1. The number of rotatable bonds is 6. The van der Waals surface area contributed by atoms with Gasteiger partial charge < -0.3 is 15.4 Å². The highest BCUT2D eigenvalue weighted by Gasteiger charge is 2.08. The van der Waals surface area contributed by atoms with Gasteiger partial charge >= 0.3 is 6.03 Å². The molecule has 7 nitrogen and oxygen atoms in total. The summed E-state index contributed by atoms with van der Waals surface area (Å²) in [6.45, 7) is 3.07. The molecule has 26 heavy (non-hydrogen) atoms. The van der Waals surface area contributed by atoms with Gasteiger partial charge in [-0.1, -0.05) is 17.7 Å². The van der Waals surface area contributed by atoms with E-state index in [9.17, 15) is 4.79 Å². The van der Waals surface area contributed by atoms with Crippen molar-refractivity contribution >= 4 is 29.0 Å². The number of urea groups is 1. The van der Waals surface area contributed by atoms with E-state index in [1.54, 1.807) is 47.7 Å². The number of ether oxygens (including phenoxy) is 1. The molecule has 0 fully saturated rings. The predicted octanol–water partition coefficient (Wildman–Crippen LogP) is 4.17. The summed E-state index contributed by atoms with van der Waals surface area (Å²) in [6, 6.07) is 8.46. The molecule has 0 aliphatic rings. The van der Waals surface area contributed by atoms with Crippen molar-refractivity contribution in [1.29, 1.82) is 0 Å². The Morgan fingerprint density at radius 3 is 2.77 bits per heavy atom. The number of pyridine rings is 1. The molecular formula is C18H18ClN5O2. The summed E-state index contributed by atoms with van der Waals surface area (Å²) in [5.41, 5.74) is 2.12. The molecule has 1 aromatic carbocycles. The van der Waals surface area contributed by atoms with E-state index in [1.165, 1.54) is 0 Å². The summed E-state index contributed by atoms with van der Waals surface area (Å²) in [5.74, 6) is 0.533. The van der Waals surface area contributed by atoms with Crippen LogP contribution in [0.2, 0.25) is 5.02 Å². The van der Waals surface area contributed by atoms with Crippen LogP contribution in [0.4, 0.5) is 16.2 Å². The molecule has 2 N–H and O–H groups in total. The lowest BCUT2D eigenvalue weighted by Gasteiger charge is -2.10. The molecule has 0 aliphatic heterocycles. The number of carbonyl (C=O) groups excluding carboxylic acids is 1. The second-order valence-corrected chi connectivity index (χ2v) is 5.87. The van der Waals surface area contributed by atoms with Gasteiger partial charge in [0.05, 0.1) is 16.9 Å². The van der Waals surface area contributed by atoms with Gasteiger partial charge in [-0.25, -0.2) is 4.79 Å². The zero-order chi connectivity index (χ0) is 18.4. The van der Waals surface area contributed by atoms with Crippen molar-refractivity contribution in [3.63, 3.8) is 0 Å². The van der Waals surface area contributed by atoms with Gasteiger partial charge in [-0.05, 0) is 31.2 Å². The summed E-state index contributed by atoms with van der Waals surface area (Å²) in [7, 11) is 0. The third-order valence-corrected chi connectivity index (χ3v) is 3.82. The molecule has 0 saturated heterocycles. The summed E-state index contributed by atoms with van der Waals surface area (Å²) >= 11 is 6.24. The molecular weight excluding hydrogens is 354 g/mol. The van der Waals surface area contributed by atoms with Crippen LogP contribution in [0.15, 0.2) is 55.1 Å². The number of halogens is 1. The Hall–Kier alpha value is -3.06. The first kappa shape index (κ1) is 17.8. The number of hydrogen-bond donors (Lipinski definition) is 2. The van der Waals surface area contributed by atoms with Crippen LogP contribution in [0.25, 0.3) is 0 Å². The lowest BCUT2D eigenvalue weighted by molar-refractivity contribution is 0.262. The Bertz CT molecular complexity index is 882. The minimum atomic E-state index is -0.374. The number of aromatic nitrogens is 3. The highest BCUT2D eigenvalue weighted by atomic mass is 35.5. The fourth-order valence-corrected chi connectivity index (χ4v) is 2.47. The van der Waals surface area contributed by atoms with Crippen molar-refractivity contribution in [3.05, 3.63) is 65.7 Å². The van der Waals surface area contributed by atoms with Crippen LogP contribution in [-0.4, -0.2) is 20.8 Å². The summed E-state index contributed by atoms with van der Waals surface area (Å²) in [5, 5.41) is 9.94. The molecule has 0 bridgehead atoms. The first-order valence-electron chi connectivity index (χ1n) is 8.05. The molecule has 0 atom stereocenters. The second kappa shape index (κ2) is 8.35. The third-order valence-electron chi connectivity index (χ3n) is 3.52. The molecule has 2 heterocycles. The number of anilines is 2. The maximum atomic E-state index is 12.0. The predicted molar refractivity (Wildman–Crippen MR) is 101 cm³/mol. The van der Waals surface area contributed by atoms with Gasteiger partial charge in [0.15, 0.2) is 0 Å². The molecule has 0 spiro atoms. The summed E-state index contributed by atoms with van der Waals surface area (Å²) < 4.78 is 7.41. The molecule has 0 aliphatic carbocycles. The number of nitrogens with zero attached hydrogens (tertiary/aromatic N) is 3. The van der Waals surface area contributed by atoms with Gasteiger partial charge in [-0.3, -0.25) is 9.67 Å². The zero-order valence-electron chi connectivity index (χ0n) is 14.1. The molecule has 0 saturated carbocycles. The topological polar surface area (TPSA) is 81.1 Å². The smallest absolute Gasteiger partial charge is 0.323 e. The Morgan fingerprint density at radius 1 is 1.23 bits per heavy atom. The standard InChI is InChI=1S/C18H18ClN5O2/c1-2-24-11-15(10-21-24)23-18(25)22-14-5-6-17(16(19)8-14)26-12-13-4-3-7-20-9-13/h3-11H,2,12H2,1H3,(H2,22,23,25). The lowest BCUT2D eigenvalue weighted by atomic mass is 10.3. The van der Waals surface area contributed by atoms with Crippen molar-refractivity contribution < 1.29 is 9.53 Å². The van der Waals surface area contributed by atoms with Crippen molar-refractivity contribution in [2.24, 2.45) is 0 Å². The summed E-state index contributed by atoms with van der Waals surface area (Å²) in [4.78, 5) is 16.1. The fraction of sp³-hybridized carbons (Fsp3) is 0.167. The van der Waals surface area contributed by atoms with E-state index < -0.39 is 0 Å². The monoisotopic (exact) mass is 371 g/mol. The van der Waals surface area contributed by atoms with Crippen LogP contribution in [0.5, 0.6) is 5.75 Å². The quantitative estimate of drug-likeness (QED) is 0.681. The van der Waals surface area contributed by atoms with Crippen molar-refractivity contribution in [1.82, 2.24) is 14.8 Å². The molecule has 0 unspecified atom stereocenters. The van der Waals surface area contributed by atoms with E-state index in [0.29, 0.717) is 28.8 Å². The molecule has 2 amide bonds. The molecule has 3 aromatic rings. The number of hydrogen-bond acceptors (Lipinski definition) is 4. The average Bonchev–Trinajstić information content (AvgIpc) is 3.09. The normalized spacial score (nSPS) is 10.4. The molecule has 2 aromatic heterocycles. The summed E-state index contributed by atoms with van der Waals surface area (Å²) in [6.07, 6.45) is 6.78. The molecule has 8 heteroatoms. The Kier molecular flexibility index (Phi) is 5.70. The lowest BCUT2D eigenvalue weighted by Crippen LogP contribution is -2.19. The van der Waals surface area contributed by atoms with E-state index in [4.69, 9.17) is 16.3 Å². The largest absolute Gasteiger partial charge is 0.487 e. The van der Waals surface area contributed by atoms with Gasteiger partial charge in [0.25, 0.3) is 0 Å².